The van der Waals surface area contributed by atoms with Crippen molar-refractivity contribution >= 4 is 22.6 Å². The summed E-state index contributed by atoms with van der Waals surface area (Å²) >= 11 is 0. The van der Waals surface area contributed by atoms with Crippen molar-refractivity contribution in [2.45, 2.75) is 50.7 Å². The summed E-state index contributed by atoms with van der Waals surface area (Å²) in [7, 11) is 1.58. The molecule has 1 saturated heterocycles. The van der Waals surface area contributed by atoms with E-state index in [4.69, 9.17) is 0 Å². The molecule has 0 aliphatic carbocycles. The molecule has 0 bridgehead atoms. The molecule has 2 atom stereocenters. The van der Waals surface area contributed by atoms with Crippen molar-refractivity contribution in [3.8, 4) is 0 Å². The average Bonchev–Trinajstić information content (AvgIpc) is 2.80. The number of nitrogens with zero attached hydrogens (tertiary/aromatic N) is 2. The van der Waals surface area contributed by atoms with Gasteiger partial charge in [-0.2, -0.15) is 0 Å². The number of likely N-dealkylation sites (N-methyl/N-ethyl adjacent to an activating group) is 1. The molecule has 1 fully saturated rings. The lowest BCUT2D eigenvalue weighted by Crippen LogP contribution is -2.52. The Morgan fingerprint density at radius 2 is 1.73 bits per heavy atom. The first-order valence-corrected chi connectivity index (χ1v) is 10.8. The molecule has 162 valence electrons. The second-order valence-electron chi connectivity index (χ2n) is 8.21. The van der Waals surface area contributed by atoms with E-state index in [-0.39, 0.29) is 0 Å². The summed E-state index contributed by atoms with van der Waals surface area (Å²) in [6.07, 6.45) is -0.145. The van der Waals surface area contributed by atoms with Crippen molar-refractivity contribution < 1.29 is 19.8 Å². The Morgan fingerprint density at radius 1 is 1.07 bits per heavy atom. The van der Waals surface area contributed by atoms with E-state index in [0.717, 1.165) is 25.7 Å². The standard InChI is InChI=1S/C24H32N2O4/c1-3-4-13-25(2)23(29)21(27)22(28)24(30)26-14-11-18(12-15-26)20-10-9-17-7-5-6-8-19(17)16-20/h5-10,16,18,21-22,27-28H,3-4,11-15H2,1-2H3. The fourth-order valence-electron chi connectivity index (χ4n) is 4.08. The van der Waals surface area contributed by atoms with Gasteiger partial charge in [-0.05, 0) is 41.5 Å². The molecular weight excluding hydrogens is 380 g/mol. The molecule has 1 aliphatic heterocycles. The van der Waals surface area contributed by atoms with Gasteiger partial charge in [0.15, 0.2) is 12.2 Å². The fraction of sp³-hybridized carbons (Fsp3) is 0.500. The molecule has 2 unspecified atom stereocenters. The van der Waals surface area contributed by atoms with Crippen LogP contribution in [-0.4, -0.2) is 70.7 Å². The molecule has 30 heavy (non-hydrogen) atoms. The lowest BCUT2D eigenvalue weighted by atomic mass is 9.88. The summed E-state index contributed by atoms with van der Waals surface area (Å²) in [5.41, 5.74) is 1.26. The number of hydrogen-bond donors (Lipinski definition) is 2. The number of fused-ring (bicyclic) bond motifs is 1. The van der Waals surface area contributed by atoms with E-state index in [0.29, 0.717) is 25.6 Å². The highest BCUT2D eigenvalue weighted by Crippen LogP contribution is 2.30. The quantitative estimate of drug-likeness (QED) is 0.732. The summed E-state index contributed by atoms with van der Waals surface area (Å²) in [4.78, 5) is 27.8. The molecule has 0 radical (unpaired) electrons. The van der Waals surface area contributed by atoms with E-state index < -0.39 is 24.0 Å². The zero-order chi connectivity index (χ0) is 21.7. The molecule has 0 saturated carbocycles. The maximum absolute atomic E-state index is 12.6. The average molecular weight is 413 g/mol. The third-order valence-electron chi connectivity index (χ3n) is 6.08. The highest BCUT2D eigenvalue weighted by atomic mass is 16.3. The third-order valence-corrected chi connectivity index (χ3v) is 6.08. The largest absolute Gasteiger partial charge is 0.380 e. The lowest BCUT2D eigenvalue weighted by Gasteiger charge is -2.34. The molecule has 2 amide bonds. The minimum Gasteiger partial charge on any atom is -0.380 e. The van der Waals surface area contributed by atoms with E-state index >= 15 is 0 Å². The first-order chi connectivity index (χ1) is 14.4. The van der Waals surface area contributed by atoms with Crippen LogP contribution >= 0.6 is 0 Å². The van der Waals surface area contributed by atoms with Crippen LogP contribution in [0, 0.1) is 0 Å². The summed E-state index contributed by atoms with van der Waals surface area (Å²) in [5.74, 6) is -0.838. The number of rotatable bonds is 7. The van der Waals surface area contributed by atoms with Crippen molar-refractivity contribution in [3.63, 3.8) is 0 Å². The summed E-state index contributed by atoms with van der Waals surface area (Å²) in [5, 5.41) is 22.9. The monoisotopic (exact) mass is 412 g/mol. The number of benzene rings is 2. The Morgan fingerprint density at radius 3 is 2.40 bits per heavy atom. The molecule has 2 aromatic rings. The number of carbonyl (C=O) groups is 2. The lowest BCUT2D eigenvalue weighted by molar-refractivity contribution is -0.158. The zero-order valence-corrected chi connectivity index (χ0v) is 17.8. The number of aliphatic hydroxyl groups is 2. The zero-order valence-electron chi connectivity index (χ0n) is 17.8. The van der Waals surface area contributed by atoms with Gasteiger partial charge in [0.1, 0.15) is 0 Å². The molecule has 6 nitrogen and oxygen atoms in total. The molecule has 0 spiro atoms. The van der Waals surface area contributed by atoms with E-state index in [1.165, 1.54) is 21.2 Å². The van der Waals surface area contributed by atoms with Crippen LogP contribution in [0.4, 0.5) is 0 Å². The molecular formula is C24H32N2O4. The van der Waals surface area contributed by atoms with E-state index in [2.05, 4.69) is 30.3 Å². The predicted molar refractivity (Wildman–Crippen MR) is 117 cm³/mol. The minimum atomic E-state index is -1.72. The minimum absolute atomic E-state index is 0.350. The second kappa shape index (κ2) is 10.0. The summed E-state index contributed by atoms with van der Waals surface area (Å²) in [6, 6.07) is 14.7. The van der Waals surface area contributed by atoms with Gasteiger partial charge in [0.25, 0.3) is 11.8 Å². The highest BCUT2D eigenvalue weighted by molar-refractivity contribution is 5.90. The van der Waals surface area contributed by atoms with Crippen molar-refractivity contribution in [1.29, 1.82) is 0 Å². The van der Waals surface area contributed by atoms with Crippen LogP contribution in [0.15, 0.2) is 42.5 Å². The Kier molecular flexibility index (Phi) is 7.45. The first kappa shape index (κ1) is 22.2. The van der Waals surface area contributed by atoms with Crippen molar-refractivity contribution in [1.82, 2.24) is 9.80 Å². The Bertz CT molecular complexity index is 876. The van der Waals surface area contributed by atoms with Gasteiger partial charge >= 0.3 is 0 Å². The predicted octanol–water partition coefficient (Wildman–Crippen LogP) is 2.53. The van der Waals surface area contributed by atoms with Gasteiger partial charge in [0, 0.05) is 26.7 Å². The highest BCUT2D eigenvalue weighted by Gasteiger charge is 2.36. The molecule has 6 heteroatoms. The van der Waals surface area contributed by atoms with Crippen molar-refractivity contribution in [3.05, 3.63) is 48.0 Å². The van der Waals surface area contributed by atoms with Gasteiger partial charge in [-0.3, -0.25) is 9.59 Å². The number of amides is 2. The molecule has 0 aromatic heterocycles. The first-order valence-electron chi connectivity index (χ1n) is 10.8. The topological polar surface area (TPSA) is 81.1 Å². The van der Waals surface area contributed by atoms with Crippen LogP contribution in [-0.2, 0) is 9.59 Å². The van der Waals surface area contributed by atoms with E-state index in [1.54, 1.807) is 11.9 Å². The van der Waals surface area contributed by atoms with E-state index in [9.17, 15) is 19.8 Å². The number of aliphatic hydroxyl groups excluding tert-OH is 2. The Balaban J connectivity index is 1.56. The normalized spacial score (nSPS) is 17.0. The van der Waals surface area contributed by atoms with Gasteiger partial charge in [-0.25, -0.2) is 0 Å². The SMILES string of the molecule is CCCCN(C)C(=O)C(O)C(O)C(=O)N1CCC(c2ccc3ccccc3c2)CC1. The molecule has 1 aliphatic rings. The number of hydrogen-bond acceptors (Lipinski definition) is 4. The van der Waals surface area contributed by atoms with Crippen LogP contribution in [0.3, 0.4) is 0 Å². The van der Waals surface area contributed by atoms with Crippen LogP contribution < -0.4 is 0 Å². The summed E-state index contributed by atoms with van der Waals surface area (Å²) in [6.45, 7) is 3.50. The number of carbonyl (C=O) groups excluding carboxylic acids is 2. The van der Waals surface area contributed by atoms with Gasteiger partial charge in [-0.1, -0.05) is 55.8 Å². The number of unbranched alkanes of at least 4 members (excludes halogenated alkanes) is 1. The second-order valence-corrected chi connectivity index (χ2v) is 8.21. The fourth-order valence-corrected chi connectivity index (χ4v) is 4.08. The van der Waals surface area contributed by atoms with Gasteiger partial charge in [-0.15, -0.1) is 0 Å². The van der Waals surface area contributed by atoms with Gasteiger partial charge in [0.2, 0.25) is 0 Å². The number of piperidine rings is 1. The van der Waals surface area contributed by atoms with Crippen LogP contribution in [0.5, 0.6) is 0 Å². The Hall–Kier alpha value is -2.44. The molecule has 2 aromatic carbocycles. The van der Waals surface area contributed by atoms with Crippen LogP contribution in [0.1, 0.15) is 44.1 Å². The maximum Gasteiger partial charge on any atom is 0.254 e. The third kappa shape index (κ3) is 4.99. The molecule has 1 heterocycles. The number of likely N-dealkylation sites (tertiary alicyclic amines) is 1. The van der Waals surface area contributed by atoms with Crippen molar-refractivity contribution in [2.75, 3.05) is 26.7 Å². The van der Waals surface area contributed by atoms with Crippen molar-refractivity contribution in [2.24, 2.45) is 0 Å². The Labute approximate surface area is 178 Å². The van der Waals surface area contributed by atoms with Gasteiger partial charge < -0.3 is 20.0 Å². The summed E-state index contributed by atoms with van der Waals surface area (Å²) < 4.78 is 0. The van der Waals surface area contributed by atoms with Crippen LogP contribution in [0.25, 0.3) is 10.8 Å². The molecule has 3 rings (SSSR count). The maximum atomic E-state index is 12.6. The molecule has 2 N–H and O–H groups in total. The van der Waals surface area contributed by atoms with E-state index in [1.807, 2.05) is 19.1 Å². The van der Waals surface area contributed by atoms with Crippen LogP contribution in [0.2, 0.25) is 0 Å². The smallest absolute Gasteiger partial charge is 0.254 e. The van der Waals surface area contributed by atoms with Gasteiger partial charge in [0.05, 0.1) is 0 Å².